The molecule has 0 bridgehead atoms. The van der Waals surface area contributed by atoms with Crippen molar-refractivity contribution in [2.45, 2.75) is 0 Å². The van der Waals surface area contributed by atoms with E-state index in [0.717, 1.165) is 27.1 Å². The van der Waals surface area contributed by atoms with Gasteiger partial charge in [0.1, 0.15) is 0 Å². The quantitative estimate of drug-likeness (QED) is 0.539. The number of hydrogen-bond acceptors (Lipinski definition) is 2. The first-order chi connectivity index (χ1) is 9.19. The van der Waals surface area contributed by atoms with Crippen molar-refractivity contribution in [2.24, 2.45) is 0 Å². The molecular weight excluding hydrogens is 235 g/mol. The maximum Gasteiger partial charge on any atom is 0.488 e. The lowest BCUT2D eigenvalue weighted by molar-refractivity contribution is 0.426. The van der Waals surface area contributed by atoms with E-state index in [1.807, 2.05) is 30.3 Å². The third kappa shape index (κ3) is 2.03. The molecule has 3 rings (SSSR count). The number of hydrogen-bond donors (Lipinski definition) is 2. The number of benzene rings is 3. The first kappa shape index (κ1) is 12.0. The number of rotatable bonds is 2. The summed E-state index contributed by atoms with van der Waals surface area (Å²) in [6, 6.07) is 15.7. The predicted octanol–water partition coefficient (Wildman–Crippen LogP) is 2.32. The molecule has 0 fully saturated rings. The largest absolute Gasteiger partial charge is 0.488 e. The minimum Gasteiger partial charge on any atom is -0.423 e. The van der Waals surface area contributed by atoms with E-state index in [2.05, 4.69) is 18.7 Å². The van der Waals surface area contributed by atoms with Gasteiger partial charge in [-0.15, -0.1) is 0 Å². The van der Waals surface area contributed by atoms with Crippen molar-refractivity contribution in [3.63, 3.8) is 0 Å². The highest BCUT2D eigenvalue weighted by molar-refractivity contribution is 6.59. The highest BCUT2D eigenvalue weighted by atomic mass is 16.4. The summed E-state index contributed by atoms with van der Waals surface area (Å²) in [6.45, 7) is 3.78. The second-order valence-electron chi connectivity index (χ2n) is 4.60. The van der Waals surface area contributed by atoms with Gasteiger partial charge < -0.3 is 10.0 Å². The van der Waals surface area contributed by atoms with Crippen molar-refractivity contribution in [1.82, 2.24) is 0 Å². The van der Waals surface area contributed by atoms with E-state index >= 15 is 0 Å². The smallest absolute Gasteiger partial charge is 0.423 e. The van der Waals surface area contributed by atoms with Crippen LogP contribution in [0.3, 0.4) is 0 Å². The van der Waals surface area contributed by atoms with Crippen LogP contribution < -0.4 is 5.46 Å². The fourth-order valence-electron chi connectivity index (χ4n) is 2.40. The predicted molar refractivity (Wildman–Crippen MR) is 81.4 cm³/mol. The van der Waals surface area contributed by atoms with E-state index < -0.39 is 7.12 Å². The van der Waals surface area contributed by atoms with Gasteiger partial charge in [-0.3, -0.25) is 0 Å². The lowest BCUT2D eigenvalue weighted by Gasteiger charge is -2.07. The molecule has 0 aromatic heterocycles. The van der Waals surface area contributed by atoms with Gasteiger partial charge in [0.05, 0.1) is 0 Å². The molecule has 3 aromatic rings. The van der Waals surface area contributed by atoms with Gasteiger partial charge in [-0.1, -0.05) is 55.1 Å². The molecule has 3 aromatic carbocycles. The Kier molecular flexibility index (Phi) is 2.86. The van der Waals surface area contributed by atoms with Crippen LogP contribution in [-0.4, -0.2) is 17.2 Å². The van der Waals surface area contributed by atoms with Gasteiger partial charge in [0.25, 0.3) is 0 Å². The zero-order valence-electron chi connectivity index (χ0n) is 10.4. The zero-order valence-corrected chi connectivity index (χ0v) is 10.4. The van der Waals surface area contributed by atoms with Crippen molar-refractivity contribution in [1.29, 1.82) is 0 Å². The van der Waals surface area contributed by atoms with Crippen molar-refractivity contribution in [2.75, 3.05) is 0 Å². The summed E-state index contributed by atoms with van der Waals surface area (Å²) < 4.78 is 0. The highest BCUT2D eigenvalue weighted by Gasteiger charge is 2.11. The summed E-state index contributed by atoms with van der Waals surface area (Å²) in [4.78, 5) is 0. The first-order valence-corrected chi connectivity index (χ1v) is 6.14. The second kappa shape index (κ2) is 4.54. The summed E-state index contributed by atoms with van der Waals surface area (Å²) >= 11 is 0. The van der Waals surface area contributed by atoms with Gasteiger partial charge in [0.15, 0.2) is 0 Å². The Morgan fingerprint density at radius 2 is 1.47 bits per heavy atom. The molecule has 0 aliphatic heterocycles. The van der Waals surface area contributed by atoms with Gasteiger partial charge in [-0.2, -0.15) is 0 Å². The lowest BCUT2D eigenvalue weighted by atomic mass is 9.79. The van der Waals surface area contributed by atoms with Gasteiger partial charge in [0.2, 0.25) is 0 Å². The van der Waals surface area contributed by atoms with Crippen LogP contribution in [0.25, 0.3) is 27.6 Å². The van der Waals surface area contributed by atoms with E-state index in [4.69, 9.17) is 0 Å². The molecule has 19 heavy (non-hydrogen) atoms. The Labute approximate surface area is 111 Å². The maximum absolute atomic E-state index is 9.21. The molecular formula is C16H13BO2. The first-order valence-electron chi connectivity index (χ1n) is 6.14. The summed E-state index contributed by atoms with van der Waals surface area (Å²) in [5.74, 6) is 0. The molecule has 0 aliphatic carbocycles. The van der Waals surface area contributed by atoms with Crippen LogP contribution in [0.15, 0.2) is 55.1 Å². The average Bonchev–Trinajstić information content (AvgIpc) is 2.45. The normalized spacial score (nSPS) is 10.8. The summed E-state index contributed by atoms with van der Waals surface area (Å²) in [6.07, 6.45) is 1.83. The lowest BCUT2D eigenvalue weighted by Crippen LogP contribution is -2.29. The van der Waals surface area contributed by atoms with Crippen LogP contribution in [0.1, 0.15) is 5.56 Å². The second-order valence-corrected chi connectivity index (χ2v) is 4.60. The molecule has 0 amide bonds. The van der Waals surface area contributed by atoms with E-state index in [9.17, 15) is 10.0 Å². The minimum absolute atomic E-state index is 0.509. The maximum atomic E-state index is 9.21. The Bertz CT molecular complexity index is 778. The van der Waals surface area contributed by atoms with Gasteiger partial charge in [-0.05, 0) is 38.6 Å². The molecule has 0 saturated carbocycles. The van der Waals surface area contributed by atoms with Crippen LogP contribution >= 0.6 is 0 Å². The van der Waals surface area contributed by atoms with Gasteiger partial charge in [-0.25, -0.2) is 0 Å². The third-order valence-corrected chi connectivity index (χ3v) is 3.42. The van der Waals surface area contributed by atoms with Crippen LogP contribution in [0.2, 0.25) is 0 Å². The molecule has 0 radical (unpaired) electrons. The number of fused-ring (bicyclic) bond motifs is 3. The monoisotopic (exact) mass is 248 g/mol. The Morgan fingerprint density at radius 3 is 2.11 bits per heavy atom. The van der Waals surface area contributed by atoms with Crippen molar-refractivity contribution >= 4 is 40.2 Å². The molecule has 0 heterocycles. The van der Waals surface area contributed by atoms with E-state index in [-0.39, 0.29) is 0 Å². The molecule has 0 atom stereocenters. The molecule has 92 valence electrons. The minimum atomic E-state index is -1.43. The fraction of sp³-hybridized carbons (Fsp3) is 0. The Balaban J connectivity index is 2.31. The van der Waals surface area contributed by atoms with Crippen LogP contribution in [-0.2, 0) is 0 Å². The molecule has 0 unspecified atom stereocenters. The molecule has 2 nitrogen and oxygen atoms in total. The standard InChI is InChI=1S/C16H13BO2/c1-2-11-3-7-15-12(9-11)4-5-13-10-14(17(18)19)6-8-16(13)15/h2-10,18-19H,1H2. The van der Waals surface area contributed by atoms with Crippen LogP contribution in [0.4, 0.5) is 0 Å². The van der Waals surface area contributed by atoms with Crippen molar-refractivity contribution in [3.8, 4) is 0 Å². The molecule has 0 saturated heterocycles. The topological polar surface area (TPSA) is 40.5 Å². The fourth-order valence-corrected chi connectivity index (χ4v) is 2.40. The average molecular weight is 248 g/mol. The molecule has 0 aliphatic rings. The van der Waals surface area contributed by atoms with E-state index in [1.165, 1.54) is 0 Å². The highest BCUT2D eigenvalue weighted by Crippen LogP contribution is 2.25. The van der Waals surface area contributed by atoms with Gasteiger partial charge in [0, 0.05) is 0 Å². The van der Waals surface area contributed by atoms with Crippen LogP contribution in [0.5, 0.6) is 0 Å². The summed E-state index contributed by atoms with van der Waals surface area (Å²) in [7, 11) is -1.43. The van der Waals surface area contributed by atoms with Crippen molar-refractivity contribution < 1.29 is 10.0 Å². The summed E-state index contributed by atoms with van der Waals surface area (Å²) in [5.41, 5.74) is 1.60. The molecule has 3 heteroatoms. The molecule has 2 N–H and O–H groups in total. The van der Waals surface area contributed by atoms with Crippen LogP contribution in [0, 0.1) is 0 Å². The zero-order chi connectivity index (χ0) is 13.4. The van der Waals surface area contributed by atoms with E-state index in [0.29, 0.717) is 5.46 Å². The Morgan fingerprint density at radius 1 is 0.842 bits per heavy atom. The molecule has 0 spiro atoms. The van der Waals surface area contributed by atoms with Gasteiger partial charge >= 0.3 is 7.12 Å². The Hall–Kier alpha value is -2.10. The SMILES string of the molecule is C=Cc1ccc2c(ccc3cc(B(O)O)ccc32)c1. The summed E-state index contributed by atoms with van der Waals surface area (Å²) in [5, 5.41) is 22.8. The van der Waals surface area contributed by atoms with E-state index in [1.54, 1.807) is 12.1 Å². The third-order valence-electron chi connectivity index (χ3n) is 3.42. The van der Waals surface area contributed by atoms with Crippen molar-refractivity contribution in [3.05, 3.63) is 60.7 Å².